The summed E-state index contributed by atoms with van der Waals surface area (Å²) in [5, 5.41) is 11.3. The maximum Gasteiger partial charge on any atom is 0.252 e. The van der Waals surface area contributed by atoms with Crippen molar-refractivity contribution in [1.82, 2.24) is 20.1 Å². The molecule has 0 aliphatic heterocycles. The average Bonchev–Trinajstić information content (AvgIpc) is 3.28. The Kier molecular flexibility index (Phi) is 3.22. The van der Waals surface area contributed by atoms with Gasteiger partial charge < -0.3 is 10.6 Å². The minimum Gasteiger partial charge on any atom is -0.349 e. The highest BCUT2D eigenvalue weighted by molar-refractivity contribution is 6.07. The van der Waals surface area contributed by atoms with Gasteiger partial charge in [-0.2, -0.15) is 5.10 Å². The molecule has 3 aromatic rings. The van der Waals surface area contributed by atoms with E-state index in [1.54, 1.807) is 16.9 Å². The fourth-order valence-electron chi connectivity index (χ4n) is 2.55. The van der Waals surface area contributed by atoms with E-state index >= 15 is 0 Å². The lowest BCUT2D eigenvalue weighted by Gasteiger charge is -2.11. The Bertz CT molecular complexity index is 882. The molecule has 2 N–H and O–H groups in total. The van der Waals surface area contributed by atoms with E-state index in [2.05, 4.69) is 20.7 Å². The standard InChI is InChI=1S/C17H17N5O/c1-22-16(8-9-18-22)21-15-10-13(17(23)19-11-6-7-11)12-4-2-3-5-14(12)20-15/h2-5,8-11H,6-7H2,1H3,(H,19,23)(H,20,21). The summed E-state index contributed by atoms with van der Waals surface area (Å²) in [6.45, 7) is 0. The van der Waals surface area contributed by atoms with Gasteiger partial charge in [-0.15, -0.1) is 0 Å². The molecule has 0 bridgehead atoms. The Morgan fingerprint density at radius 3 is 2.83 bits per heavy atom. The van der Waals surface area contributed by atoms with Gasteiger partial charge in [0.15, 0.2) is 0 Å². The summed E-state index contributed by atoms with van der Waals surface area (Å²) in [6, 6.07) is 11.7. The number of anilines is 2. The largest absolute Gasteiger partial charge is 0.349 e. The van der Waals surface area contributed by atoms with Crippen molar-refractivity contribution in [2.45, 2.75) is 18.9 Å². The number of amides is 1. The van der Waals surface area contributed by atoms with E-state index in [4.69, 9.17) is 0 Å². The SMILES string of the molecule is Cn1nccc1Nc1cc(C(=O)NC2CC2)c2ccccc2n1. The molecule has 0 radical (unpaired) electrons. The summed E-state index contributed by atoms with van der Waals surface area (Å²) in [5.41, 5.74) is 1.44. The Hall–Kier alpha value is -2.89. The summed E-state index contributed by atoms with van der Waals surface area (Å²) >= 11 is 0. The average molecular weight is 307 g/mol. The van der Waals surface area contributed by atoms with E-state index in [1.165, 1.54) is 0 Å². The third kappa shape index (κ3) is 2.75. The number of nitrogens with zero attached hydrogens (tertiary/aromatic N) is 3. The number of rotatable bonds is 4. The van der Waals surface area contributed by atoms with Crippen LogP contribution in [0.5, 0.6) is 0 Å². The van der Waals surface area contributed by atoms with Crippen LogP contribution in [0.2, 0.25) is 0 Å². The molecule has 23 heavy (non-hydrogen) atoms. The number of hydrogen-bond donors (Lipinski definition) is 2. The van der Waals surface area contributed by atoms with Crippen LogP contribution in [-0.2, 0) is 7.05 Å². The van der Waals surface area contributed by atoms with E-state index in [0.29, 0.717) is 17.4 Å². The summed E-state index contributed by atoms with van der Waals surface area (Å²) in [6.07, 6.45) is 3.84. The predicted octanol–water partition coefficient (Wildman–Crippen LogP) is 2.60. The van der Waals surface area contributed by atoms with Crippen LogP contribution in [0.15, 0.2) is 42.6 Å². The maximum absolute atomic E-state index is 12.5. The molecule has 6 heteroatoms. The van der Waals surface area contributed by atoms with Crippen molar-refractivity contribution in [3.63, 3.8) is 0 Å². The molecule has 1 amide bonds. The Labute approximate surface area is 133 Å². The first-order chi connectivity index (χ1) is 11.2. The van der Waals surface area contributed by atoms with Crippen molar-refractivity contribution >= 4 is 28.4 Å². The molecule has 0 unspecified atom stereocenters. The zero-order valence-electron chi connectivity index (χ0n) is 12.8. The highest BCUT2D eigenvalue weighted by atomic mass is 16.1. The molecule has 1 saturated carbocycles. The number of aryl methyl sites for hydroxylation is 1. The highest BCUT2D eigenvalue weighted by Crippen LogP contribution is 2.25. The first kappa shape index (κ1) is 13.8. The molecule has 0 saturated heterocycles. The molecule has 116 valence electrons. The molecular formula is C17H17N5O. The number of nitrogens with one attached hydrogen (secondary N) is 2. The number of aromatic nitrogens is 3. The maximum atomic E-state index is 12.5. The Morgan fingerprint density at radius 1 is 1.26 bits per heavy atom. The van der Waals surface area contributed by atoms with Crippen LogP contribution in [0, 0.1) is 0 Å². The number of pyridine rings is 1. The van der Waals surface area contributed by atoms with Gasteiger partial charge in [-0.1, -0.05) is 18.2 Å². The first-order valence-electron chi connectivity index (χ1n) is 7.66. The van der Waals surface area contributed by atoms with Crippen LogP contribution in [0.3, 0.4) is 0 Å². The van der Waals surface area contributed by atoms with Crippen LogP contribution in [0.4, 0.5) is 11.6 Å². The molecule has 2 heterocycles. The summed E-state index contributed by atoms with van der Waals surface area (Å²) in [7, 11) is 1.85. The van der Waals surface area contributed by atoms with Crippen molar-refractivity contribution in [1.29, 1.82) is 0 Å². The normalized spacial score (nSPS) is 14.0. The van der Waals surface area contributed by atoms with Crippen molar-refractivity contribution in [3.05, 3.63) is 48.2 Å². The van der Waals surface area contributed by atoms with Crippen LogP contribution in [0.25, 0.3) is 10.9 Å². The molecular weight excluding hydrogens is 290 g/mol. The van der Waals surface area contributed by atoms with E-state index in [0.717, 1.165) is 29.6 Å². The molecule has 1 fully saturated rings. The Balaban J connectivity index is 1.76. The van der Waals surface area contributed by atoms with Gasteiger partial charge in [0, 0.05) is 24.5 Å². The first-order valence-corrected chi connectivity index (χ1v) is 7.66. The van der Waals surface area contributed by atoms with Gasteiger partial charge >= 0.3 is 0 Å². The van der Waals surface area contributed by atoms with Crippen molar-refractivity contribution in [2.75, 3.05) is 5.32 Å². The van der Waals surface area contributed by atoms with E-state index < -0.39 is 0 Å². The second-order valence-electron chi connectivity index (χ2n) is 5.78. The zero-order valence-corrected chi connectivity index (χ0v) is 12.8. The quantitative estimate of drug-likeness (QED) is 0.777. The fraction of sp³-hybridized carbons (Fsp3) is 0.235. The minimum atomic E-state index is -0.0424. The van der Waals surface area contributed by atoms with Gasteiger partial charge in [-0.25, -0.2) is 4.98 Å². The summed E-state index contributed by atoms with van der Waals surface area (Å²) in [5.74, 6) is 1.41. The van der Waals surface area contributed by atoms with E-state index in [-0.39, 0.29) is 5.91 Å². The molecule has 1 aliphatic carbocycles. The van der Waals surface area contributed by atoms with Crippen LogP contribution in [-0.4, -0.2) is 26.7 Å². The van der Waals surface area contributed by atoms with Crippen molar-refractivity contribution in [2.24, 2.45) is 7.05 Å². The zero-order chi connectivity index (χ0) is 15.8. The number of para-hydroxylation sites is 1. The lowest BCUT2D eigenvalue weighted by Crippen LogP contribution is -2.25. The topological polar surface area (TPSA) is 71.8 Å². The molecule has 0 spiro atoms. The third-order valence-corrected chi connectivity index (χ3v) is 3.95. The van der Waals surface area contributed by atoms with Crippen LogP contribution in [0.1, 0.15) is 23.2 Å². The molecule has 1 aromatic carbocycles. The monoisotopic (exact) mass is 307 g/mol. The van der Waals surface area contributed by atoms with Crippen LogP contribution >= 0.6 is 0 Å². The lowest BCUT2D eigenvalue weighted by molar-refractivity contribution is 0.0952. The number of hydrogen-bond acceptors (Lipinski definition) is 4. The minimum absolute atomic E-state index is 0.0424. The van der Waals surface area contributed by atoms with Gasteiger partial charge in [0.25, 0.3) is 5.91 Å². The number of benzene rings is 1. The van der Waals surface area contributed by atoms with Gasteiger partial charge in [0.1, 0.15) is 11.6 Å². The predicted molar refractivity (Wildman–Crippen MR) is 88.7 cm³/mol. The molecule has 0 atom stereocenters. The van der Waals surface area contributed by atoms with Crippen molar-refractivity contribution < 1.29 is 4.79 Å². The van der Waals surface area contributed by atoms with E-state index in [9.17, 15) is 4.79 Å². The molecule has 2 aromatic heterocycles. The second kappa shape index (κ2) is 5.39. The van der Waals surface area contributed by atoms with Crippen molar-refractivity contribution in [3.8, 4) is 0 Å². The summed E-state index contributed by atoms with van der Waals surface area (Å²) < 4.78 is 1.72. The van der Waals surface area contributed by atoms with Gasteiger partial charge in [-0.05, 0) is 25.0 Å². The van der Waals surface area contributed by atoms with Gasteiger partial charge in [-0.3, -0.25) is 9.48 Å². The number of carbonyl (C=O) groups is 1. The Morgan fingerprint density at radius 2 is 2.09 bits per heavy atom. The van der Waals surface area contributed by atoms with Crippen LogP contribution < -0.4 is 10.6 Å². The summed E-state index contributed by atoms with van der Waals surface area (Å²) in [4.78, 5) is 17.1. The number of carbonyl (C=O) groups excluding carboxylic acids is 1. The molecule has 6 nitrogen and oxygen atoms in total. The molecule has 4 rings (SSSR count). The van der Waals surface area contributed by atoms with E-state index in [1.807, 2.05) is 37.4 Å². The second-order valence-corrected chi connectivity index (χ2v) is 5.78. The molecule has 1 aliphatic rings. The van der Waals surface area contributed by atoms with Gasteiger partial charge in [0.05, 0.1) is 17.3 Å². The highest BCUT2D eigenvalue weighted by Gasteiger charge is 2.25. The van der Waals surface area contributed by atoms with Gasteiger partial charge in [0.2, 0.25) is 0 Å². The lowest BCUT2D eigenvalue weighted by atomic mass is 10.1. The number of fused-ring (bicyclic) bond motifs is 1. The third-order valence-electron chi connectivity index (χ3n) is 3.95. The fourth-order valence-corrected chi connectivity index (χ4v) is 2.55. The smallest absolute Gasteiger partial charge is 0.252 e.